The van der Waals surface area contributed by atoms with Crippen molar-refractivity contribution in [2.75, 3.05) is 19.7 Å². The largest absolute Gasteiger partial charge is 0.365 e. The number of rotatable bonds is 5. The maximum absolute atomic E-state index is 11.9. The lowest BCUT2D eigenvalue weighted by Gasteiger charge is -2.36. The van der Waals surface area contributed by atoms with Gasteiger partial charge in [0.2, 0.25) is 5.91 Å². The Morgan fingerprint density at radius 2 is 1.92 bits per heavy atom. The minimum absolute atomic E-state index is 0.0440. The third-order valence-electron chi connectivity index (χ3n) is 4.73. The number of benzene rings is 2. The van der Waals surface area contributed by atoms with Gasteiger partial charge < -0.3 is 15.0 Å². The van der Waals surface area contributed by atoms with Crippen LogP contribution in [0.5, 0.6) is 0 Å². The number of nitrogens with one attached hydrogen (secondary N) is 1. The number of nitrogens with zero attached hydrogens (tertiary/aromatic N) is 1. The molecule has 1 heterocycles. The molecule has 2 aromatic carbocycles. The highest BCUT2D eigenvalue weighted by molar-refractivity contribution is 5.86. The molecule has 4 nitrogen and oxygen atoms in total. The molecule has 1 fully saturated rings. The quantitative estimate of drug-likeness (QED) is 0.918. The Bertz CT molecular complexity index is 708. The Labute approximate surface area is 143 Å². The van der Waals surface area contributed by atoms with Crippen LogP contribution in [0.2, 0.25) is 0 Å². The van der Waals surface area contributed by atoms with Crippen LogP contribution in [0.15, 0.2) is 42.5 Å². The zero-order chi connectivity index (χ0) is 17.1. The van der Waals surface area contributed by atoms with Crippen LogP contribution in [0.4, 0.5) is 0 Å². The molecule has 24 heavy (non-hydrogen) atoms. The normalized spacial score (nSPS) is 19.9. The molecular weight excluding hydrogens is 300 g/mol. The average Bonchev–Trinajstić information content (AvgIpc) is 2.60. The standard InChI is InChI=1S/C20H26N2O2/c1-14(2)22-12-17(24-13-20(22)23)11-21-15(3)18-10-6-8-16-7-4-5-9-19(16)18/h4-10,14-15,17,21H,11-13H2,1-3H3/t15-,17?/m1/s1. The fraction of sp³-hybridized carbons (Fsp3) is 0.450. The second-order valence-corrected chi connectivity index (χ2v) is 6.77. The first kappa shape index (κ1) is 16.9. The predicted octanol–water partition coefficient (Wildman–Crippen LogP) is 3.13. The summed E-state index contributed by atoms with van der Waals surface area (Å²) in [5.74, 6) is 0.0864. The summed E-state index contributed by atoms with van der Waals surface area (Å²) in [5, 5.41) is 6.11. The van der Waals surface area contributed by atoms with E-state index in [9.17, 15) is 4.79 Å². The van der Waals surface area contributed by atoms with Gasteiger partial charge in [-0.15, -0.1) is 0 Å². The molecule has 1 aliphatic rings. The molecule has 0 aliphatic carbocycles. The van der Waals surface area contributed by atoms with Gasteiger partial charge in [0.05, 0.1) is 6.10 Å². The Hall–Kier alpha value is -1.91. The third-order valence-corrected chi connectivity index (χ3v) is 4.73. The molecule has 2 aromatic rings. The van der Waals surface area contributed by atoms with Crippen LogP contribution in [-0.2, 0) is 9.53 Å². The van der Waals surface area contributed by atoms with Gasteiger partial charge in [0.15, 0.2) is 0 Å². The third kappa shape index (κ3) is 3.60. The van der Waals surface area contributed by atoms with Gasteiger partial charge in [-0.3, -0.25) is 4.79 Å². The smallest absolute Gasteiger partial charge is 0.248 e. The van der Waals surface area contributed by atoms with Crippen LogP contribution in [-0.4, -0.2) is 42.6 Å². The zero-order valence-electron chi connectivity index (χ0n) is 14.7. The number of morpholine rings is 1. The van der Waals surface area contributed by atoms with Crippen molar-refractivity contribution >= 4 is 16.7 Å². The fourth-order valence-corrected chi connectivity index (χ4v) is 3.31. The molecule has 128 valence electrons. The molecule has 0 radical (unpaired) electrons. The summed E-state index contributed by atoms with van der Waals surface area (Å²) in [6.07, 6.45) is 0.0440. The summed E-state index contributed by atoms with van der Waals surface area (Å²) in [4.78, 5) is 13.8. The second kappa shape index (κ2) is 7.32. The van der Waals surface area contributed by atoms with E-state index in [1.165, 1.54) is 16.3 Å². The van der Waals surface area contributed by atoms with Crippen LogP contribution in [0.3, 0.4) is 0 Å². The summed E-state index contributed by atoms with van der Waals surface area (Å²) in [7, 11) is 0. The van der Waals surface area contributed by atoms with Crippen molar-refractivity contribution in [2.24, 2.45) is 0 Å². The molecule has 1 amide bonds. The summed E-state index contributed by atoms with van der Waals surface area (Å²) < 4.78 is 5.69. The predicted molar refractivity (Wildman–Crippen MR) is 97.0 cm³/mol. The monoisotopic (exact) mass is 326 g/mol. The zero-order valence-corrected chi connectivity index (χ0v) is 14.7. The number of ether oxygens (including phenoxy) is 1. The molecule has 1 unspecified atom stereocenters. The van der Waals surface area contributed by atoms with Crippen LogP contribution >= 0.6 is 0 Å². The first-order valence-electron chi connectivity index (χ1n) is 8.68. The Morgan fingerprint density at radius 3 is 2.71 bits per heavy atom. The van der Waals surface area contributed by atoms with E-state index in [0.29, 0.717) is 6.54 Å². The molecule has 3 rings (SSSR count). The maximum atomic E-state index is 11.9. The number of hydrogen-bond acceptors (Lipinski definition) is 3. The van der Waals surface area contributed by atoms with Crippen molar-refractivity contribution in [3.63, 3.8) is 0 Å². The minimum atomic E-state index is 0.0440. The van der Waals surface area contributed by atoms with Gasteiger partial charge >= 0.3 is 0 Å². The Balaban J connectivity index is 1.65. The van der Waals surface area contributed by atoms with Crippen molar-refractivity contribution in [1.82, 2.24) is 10.2 Å². The molecule has 0 aromatic heterocycles. The van der Waals surface area contributed by atoms with E-state index in [1.54, 1.807) is 0 Å². The van der Waals surface area contributed by atoms with E-state index in [4.69, 9.17) is 4.74 Å². The highest BCUT2D eigenvalue weighted by atomic mass is 16.5. The van der Waals surface area contributed by atoms with E-state index in [2.05, 4.69) is 54.7 Å². The lowest BCUT2D eigenvalue weighted by Crippen LogP contribution is -2.52. The molecule has 0 saturated carbocycles. The van der Waals surface area contributed by atoms with Crippen molar-refractivity contribution in [3.8, 4) is 0 Å². The van der Waals surface area contributed by atoms with Gasteiger partial charge in [0, 0.05) is 25.2 Å². The van der Waals surface area contributed by atoms with Gasteiger partial charge in [0.1, 0.15) is 6.61 Å². The number of carbonyl (C=O) groups excluding carboxylic acids is 1. The number of fused-ring (bicyclic) bond motifs is 1. The number of amides is 1. The molecule has 1 N–H and O–H groups in total. The van der Waals surface area contributed by atoms with Crippen LogP contribution in [0.1, 0.15) is 32.4 Å². The second-order valence-electron chi connectivity index (χ2n) is 6.77. The van der Waals surface area contributed by atoms with E-state index in [0.717, 1.165) is 6.54 Å². The van der Waals surface area contributed by atoms with Gasteiger partial charge in [-0.05, 0) is 37.1 Å². The molecule has 4 heteroatoms. The van der Waals surface area contributed by atoms with Crippen LogP contribution in [0.25, 0.3) is 10.8 Å². The van der Waals surface area contributed by atoms with E-state index < -0.39 is 0 Å². The molecule has 0 spiro atoms. The summed E-state index contributed by atoms with van der Waals surface area (Å²) in [6.45, 7) is 7.86. The fourth-order valence-electron chi connectivity index (χ4n) is 3.31. The van der Waals surface area contributed by atoms with Crippen LogP contribution in [0, 0.1) is 0 Å². The summed E-state index contributed by atoms with van der Waals surface area (Å²) >= 11 is 0. The molecule has 1 saturated heterocycles. The number of carbonyl (C=O) groups is 1. The van der Waals surface area contributed by atoms with Crippen molar-refractivity contribution in [2.45, 2.75) is 39.0 Å². The molecule has 2 atom stereocenters. The Morgan fingerprint density at radius 1 is 1.17 bits per heavy atom. The van der Waals surface area contributed by atoms with E-state index in [1.807, 2.05) is 18.7 Å². The average molecular weight is 326 g/mol. The highest BCUT2D eigenvalue weighted by Crippen LogP contribution is 2.24. The van der Waals surface area contributed by atoms with Crippen molar-refractivity contribution in [3.05, 3.63) is 48.0 Å². The minimum Gasteiger partial charge on any atom is -0.365 e. The van der Waals surface area contributed by atoms with Gasteiger partial charge in [0.25, 0.3) is 0 Å². The highest BCUT2D eigenvalue weighted by Gasteiger charge is 2.28. The first-order chi connectivity index (χ1) is 11.6. The Kier molecular flexibility index (Phi) is 5.17. The van der Waals surface area contributed by atoms with Gasteiger partial charge in [-0.1, -0.05) is 42.5 Å². The molecular formula is C20H26N2O2. The number of hydrogen-bond donors (Lipinski definition) is 1. The molecule has 1 aliphatic heterocycles. The van der Waals surface area contributed by atoms with E-state index >= 15 is 0 Å². The molecule has 0 bridgehead atoms. The SMILES string of the molecule is CC(C)N1CC(CN[C@H](C)c2cccc3ccccc23)OCC1=O. The van der Waals surface area contributed by atoms with Crippen LogP contribution < -0.4 is 5.32 Å². The van der Waals surface area contributed by atoms with Gasteiger partial charge in [-0.2, -0.15) is 0 Å². The topological polar surface area (TPSA) is 41.6 Å². The lowest BCUT2D eigenvalue weighted by molar-refractivity contribution is -0.151. The summed E-state index contributed by atoms with van der Waals surface area (Å²) in [6, 6.07) is 15.3. The lowest BCUT2D eigenvalue weighted by atomic mass is 9.99. The van der Waals surface area contributed by atoms with Crippen molar-refractivity contribution < 1.29 is 9.53 Å². The maximum Gasteiger partial charge on any atom is 0.248 e. The van der Waals surface area contributed by atoms with E-state index in [-0.39, 0.29) is 30.7 Å². The van der Waals surface area contributed by atoms with Crippen molar-refractivity contribution in [1.29, 1.82) is 0 Å². The first-order valence-corrected chi connectivity index (χ1v) is 8.68. The summed E-state index contributed by atoms with van der Waals surface area (Å²) in [5.41, 5.74) is 1.29. The van der Waals surface area contributed by atoms with Gasteiger partial charge in [-0.25, -0.2) is 0 Å².